The normalized spacial score (nSPS) is 19.5. The highest BCUT2D eigenvalue weighted by Gasteiger charge is 2.21. The van der Waals surface area contributed by atoms with Crippen molar-refractivity contribution in [1.29, 1.82) is 0 Å². The number of ether oxygens (including phenoxy) is 1. The second-order valence-electron chi connectivity index (χ2n) is 3.64. The van der Waals surface area contributed by atoms with Gasteiger partial charge in [0.25, 0.3) is 0 Å². The molecule has 1 aromatic rings. The van der Waals surface area contributed by atoms with Crippen molar-refractivity contribution in [3.8, 4) is 0 Å². The average Bonchev–Trinajstić information content (AvgIpc) is 2.39. The summed E-state index contributed by atoms with van der Waals surface area (Å²) in [6, 6.07) is 7.71. The number of amides is 1. The number of carbonyl (C=O) groups excluding carboxylic acids is 1. The van der Waals surface area contributed by atoms with E-state index in [1.807, 2.05) is 31.2 Å². The van der Waals surface area contributed by atoms with Crippen LogP contribution in [0.15, 0.2) is 36.1 Å². The molecule has 0 radical (unpaired) electrons. The van der Waals surface area contributed by atoms with E-state index in [4.69, 9.17) is 10.5 Å². The number of fused-ring (bicyclic) bond motifs is 1. The smallest absolute Gasteiger partial charge is 0.228 e. The maximum atomic E-state index is 11.3. The molecule has 3 heteroatoms. The minimum Gasteiger partial charge on any atom is -0.494 e. The van der Waals surface area contributed by atoms with E-state index in [-0.39, 0.29) is 11.8 Å². The molecule has 1 aromatic carbocycles. The lowest BCUT2D eigenvalue weighted by molar-refractivity contribution is -0.118. The highest BCUT2D eigenvalue weighted by atomic mass is 16.5. The number of hydrogen-bond donors (Lipinski definition) is 1. The molecule has 1 amide bonds. The van der Waals surface area contributed by atoms with Crippen molar-refractivity contribution in [1.82, 2.24) is 0 Å². The Kier molecular flexibility index (Phi) is 2.46. The lowest BCUT2D eigenvalue weighted by atomic mass is 9.94. The first-order chi connectivity index (χ1) is 7.18. The molecule has 0 saturated carbocycles. The van der Waals surface area contributed by atoms with E-state index in [9.17, 15) is 4.79 Å². The summed E-state index contributed by atoms with van der Waals surface area (Å²) in [4.78, 5) is 11.3. The van der Waals surface area contributed by atoms with E-state index in [0.29, 0.717) is 6.61 Å². The molecule has 1 atom stereocenters. The highest BCUT2D eigenvalue weighted by molar-refractivity contribution is 5.84. The molecule has 3 nitrogen and oxygen atoms in total. The van der Waals surface area contributed by atoms with Gasteiger partial charge in [-0.05, 0) is 24.1 Å². The van der Waals surface area contributed by atoms with Crippen molar-refractivity contribution < 1.29 is 9.53 Å². The fourth-order valence-electron chi connectivity index (χ4n) is 1.77. The predicted molar refractivity (Wildman–Crippen MR) is 56.9 cm³/mol. The van der Waals surface area contributed by atoms with E-state index >= 15 is 0 Å². The minimum atomic E-state index is -0.372. The van der Waals surface area contributed by atoms with Gasteiger partial charge in [-0.25, -0.2) is 0 Å². The van der Waals surface area contributed by atoms with Crippen LogP contribution in [-0.4, -0.2) is 5.91 Å². The number of rotatable bonds is 1. The molecule has 2 N–H and O–H groups in total. The largest absolute Gasteiger partial charge is 0.494 e. The van der Waals surface area contributed by atoms with Gasteiger partial charge in [0.2, 0.25) is 5.91 Å². The molecule has 0 spiro atoms. The summed E-state index contributed by atoms with van der Waals surface area (Å²) < 4.78 is 5.46. The first-order valence-electron chi connectivity index (χ1n) is 4.87. The quantitative estimate of drug-likeness (QED) is 0.755. The molecule has 78 valence electrons. The van der Waals surface area contributed by atoms with Gasteiger partial charge >= 0.3 is 0 Å². The molecule has 0 aromatic heterocycles. The van der Waals surface area contributed by atoms with Gasteiger partial charge in [-0.15, -0.1) is 0 Å². The molecule has 15 heavy (non-hydrogen) atoms. The predicted octanol–water partition coefficient (Wildman–Crippen LogP) is 1.69. The fraction of sp³-hybridized carbons (Fsp3) is 0.250. The van der Waals surface area contributed by atoms with Crippen molar-refractivity contribution in [3.63, 3.8) is 0 Å². The third-order valence-electron chi connectivity index (χ3n) is 2.55. The van der Waals surface area contributed by atoms with Crippen LogP contribution >= 0.6 is 0 Å². The number of allylic oxidation sites excluding steroid dienone is 1. The van der Waals surface area contributed by atoms with Crippen LogP contribution in [0, 0.1) is 0 Å². The van der Waals surface area contributed by atoms with Crippen LogP contribution in [0.2, 0.25) is 0 Å². The lowest BCUT2D eigenvalue weighted by Crippen LogP contribution is -2.20. The van der Waals surface area contributed by atoms with Crippen LogP contribution < -0.4 is 5.73 Å². The van der Waals surface area contributed by atoms with Crippen molar-refractivity contribution >= 4 is 5.91 Å². The summed E-state index contributed by atoms with van der Waals surface area (Å²) in [6.07, 6.45) is 1.77. The number of benzene rings is 1. The Balaban J connectivity index is 2.51. The topological polar surface area (TPSA) is 52.3 Å². The third kappa shape index (κ3) is 1.86. The van der Waals surface area contributed by atoms with Gasteiger partial charge in [0, 0.05) is 0 Å². The maximum absolute atomic E-state index is 11.3. The van der Waals surface area contributed by atoms with Gasteiger partial charge in [-0.3, -0.25) is 4.79 Å². The maximum Gasteiger partial charge on any atom is 0.228 e. The van der Waals surface area contributed by atoms with Crippen LogP contribution in [0.5, 0.6) is 0 Å². The van der Waals surface area contributed by atoms with Crippen molar-refractivity contribution in [2.75, 3.05) is 0 Å². The van der Waals surface area contributed by atoms with Gasteiger partial charge < -0.3 is 10.5 Å². The van der Waals surface area contributed by atoms with E-state index in [1.54, 1.807) is 6.08 Å². The van der Waals surface area contributed by atoms with Crippen LogP contribution in [0.3, 0.4) is 0 Å². The second kappa shape index (κ2) is 3.77. The molecule has 0 aliphatic carbocycles. The molecular weight excluding hydrogens is 190 g/mol. The van der Waals surface area contributed by atoms with Gasteiger partial charge in [0.1, 0.15) is 6.61 Å². The Morgan fingerprint density at radius 3 is 2.93 bits per heavy atom. The molecular formula is C12H13NO2. The summed E-state index contributed by atoms with van der Waals surface area (Å²) in [5.74, 6) is 0.0333. The zero-order valence-corrected chi connectivity index (χ0v) is 8.57. The van der Waals surface area contributed by atoms with Crippen molar-refractivity contribution in [2.24, 2.45) is 5.73 Å². The molecule has 1 heterocycles. The van der Waals surface area contributed by atoms with E-state index in [0.717, 1.165) is 16.9 Å². The van der Waals surface area contributed by atoms with Crippen LogP contribution in [0.25, 0.3) is 0 Å². The summed E-state index contributed by atoms with van der Waals surface area (Å²) in [5.41, 5.74) is 7.34. The molecule has 0 fully saturated rings. The first-order valence-corrected chi connectivity index (χ1v) is 4.87. The third-order valence-corrected chi connectivity index (χ3v) is 2.55. The van der Waals surface area contributed by atoms with Crippen molar-refractivity contribution in [3.05, 3.63) is 47.2 Å². The van der Waals surface area contributed by atoms with Crippen LogP contribution in [0.1, 0.15) is 24.0 Å². The zero-order valence-electron chi connectivity index (χ0n) is 8.57. The standard InChI is InChI=1S/C12H13NO2/c1-8-6-11(12(13)14)10-5-3-2-4-9(10)7-15-8/h2-6,11H,7H2,1H3,(H2,13,14). The summed E-state index contributed by atoms with van der Waals surface area (Å²) >= 11 is 0. The Morgan fingerprint density at radius 1 is 1.47 bits per heavy atom. The van der Waals surface area contributed by atoms with Gasteiger partial charge in [0.05, 0.1) is 11.7 Å². The van der Waals surface area contributed by atoms with Crippen LogP contribution in [-0.2, 0) is 16.1 Å². The Labute approximate surface area is 88.5 Å². The summed E-state index contributed by atoms with van der Waals surface area (Å²) in [6.45, 7) is 2.34. The Bertz CT molecular complexity index is 423. The number of primary amides is 1. The average molecular weight is 203 g/mol. The minimum absolute atomic E-state index is 0.340. The zero-order chi connectivity index (χ0) is 10.8. The van der Waals surface area contributed by atoms with Gasteiger partial charge in [-0.1, -0.05) is 24.3 Å². The molecule has 2 rings (SSSR count). The molecule has 1 aliphatic heterocycles. The van der Waals surface area contributed by atoms with Crippen molar-refractivity contribution in [2.45, 2.75) is 19.4 Å². The fourth-order valence-corrected chi connectivity index (χ4v) is 1.77. The first kappa shape index (κ1) is 9.77. The SMILES string of the molecule is CC1=CC(C(N)=O)c2ccccc2CO1. The van der Waals surface area contributed by atoms with Gasteiger partial charge in [-0.2, -0.15) is 0 Å². The highest BCUT2D eigenvalue weighted by Crippen LogP contribution is 2.27. The molecule has 1 aliphatic rings. The molecule has 1 unspecified atom stereocenters. The monoisotopic (exact) mass is 203 g/mol. The van der Waals surface area contributed by atoms with Gasteiger partial charge in [0.15, 0.2) is 0 Å². The summed E-state index contributed by atoms with van der Waals surface area (Å²) in [7, 11) is 0. The number of nitrogens with two attached hydrogens (primary N) is 1. The second-order valence-corrected chi connectivity index (χ2v) is 3.64. The Morgan fingerprint density at radius 2 is 2.20 bits per heavy atom. The number of hydrogen-bond acceptors (Lipinski definition) is 2. The molecule has 0 saturated heterocycles. The van der Waals surface area contributed by atoms with E-state index < -0.39 is 0 Å². The molecule has 0 bridgehead atoms. The summed E-state index contributed by atoms with van der Waals surface area (Å²) in [5, 5.41) is 0. The lowest BCUT2D eigenvalue weighted by Gasteiger charge is -2.10. The number of carbonyl (C=O) groups is 1. The van der Waals surface area contributed by atoms with Crippen LogP contribution in [0.4, 0.5) is 0 Å². The van der Waals surface area contributed by atoms with E-state index in [1.165, 1.54) is 0 Å². The Hall–Kier alpha value is -1.77. The van der Waals surface area contributed by atoms with E-state index in [2.05, 4.69) is 0 Å².